The van der Waals surface area contributed by atoms with Crippen LogP contribution in [0.25, 0.3) is 0 Å². The summed E-state index contributed by atoms with van der Waals surface area (Å²) in [5.74, 6) is -0.910. The van der Waals surface area contributed by atoms with Crippen molar-refractivity contribution in [3.8, 4) is 5.75 Å². The van der Waals surface area contributed by atoms with Gasteiger partial charge in [0.2, 0.25) is 21.8 Å². The lowest BCUT2D eigenvalue weighted by atomic mass is 9.95. The fourth-order valence-corrected chi connectivity index (χ4v) is 5.21. The van der Waals surface area contributed by atoms with Crippen LogP contribution in [0.4, 0.5) is 10.1 Å². The maximum atomic E-state index is 13.8. The summed E-state index contributed by atoms with van der Waals surface area (Å²) in [4.78, 5) is 28.1. The second-order valence-corrected chi connectivity index (χ2v) is 11.0. The fourth-order valence-electron chi connectivity index (χ4n) is 4.36. The van der Waals surface area contributed by atoms with E-state index >= 15 is 0 Å². The zero-order chi connectivity index (χ0) is 26.3. The minimum Gasteiger partial charge on any atom is -0.497 e. The highest BCUT2D eigenvalue weighted by molar-refractivity contribution is 7.92. The van der Waals surface area contributed by atoms with E-state index in [9.17, 15) is 22.4 Å². The number of halogens is 1. The van der Waals surface area contributed by atoms with Crippen molar-refractivity contribution in [1.82, 2.24) is 10.2 Å². The summed E-state index contributed by atoms with van der Waals surface area (Å²) in [6, 6.07) is 11.3. The molecular weight excluding hydrogens is 485 g/mol. The summed E-state index contributed by atoms with van der Waals surface area (Å²) in [5.41, 5.74) is 0.753. The maximum Gasteiger partial charge on any atom is 0.244 e. The van der Waals surface area contributed by atoms with E-state index in [0.29, 0.717) is 5.75 Å². The van der Waals surface area contributed by atoms with E-state index < -0.39 is 34.3 Å². The summed E-state index contributed by atoms with van der Waals surface area (Å²) in [6.45, 7) is 1.12. The average Bonchev–Trinajstić information content (AvgIpc) is 2.85. The Kier molecular flexibility index (Phi) is 9.31. The molecule has 0 spiro atoms. The molecular formula is C26H34FN3O5S. The number of nitrogens with one attached hydrogen (secondary N) is 1. The number of sulfonamides is 1. The average molecular weight is 520 g/mol. The van der Waals surface area contributed by atoms with Gasteiger partial charge < -0.3 is 15.0 Å². The summed E-state index contributed by atoms with van der Waals surface area (Å²) in [5, 5.41) is 3.05. The molecule has 1 N–H and O–H groups in total. The zero-order valence-corrected chi connectivity index (χ0v) is 21.8. The smallest absolute Gasteiger partial charge is 0.244 e. The number of hydrogen-bond donors (Lipinski definition) is 1. The first kappa shape index (κ1) is 27.4. The van der Waals surface area contributed by atoms with Gasteiger partial charge in [0.25, 0.3) is 0 Å². The van der Waals surface area contributed by atoms with Gasteiger partial charge >= 0.3 is 0 Å². The lowest BCUT2D eigenvalue weighted by molar-refractivity contribution is -0.139. The van der Waals surface area contributed by atoms with Gasteiger partial charge in [-0.25, -0.2) is 12.8 Å². The first-order chi connectivity index (χ1) is 17.1. The van der Waals surface area contributed by atoms with Gasteiger partial charge in [-0.05, 0) is 55.7 Å². The molecule has 196 valence electrons. The predicted molar refractivity (Wildman–Crippen MR) is 137 cm³/mol. The number of carbonyl (C=O) groups excluding carboxylic acids is 2. The second-order valence-electron chi connectivity index (χ2n) is 9.14. The highest BCUT2D eigenvalue weighted by atomic mass is 32.2. The highest BCUT2D eigenvalue weighted by Gasteiger charge is 2.31. The van der Waals surface area contributed by atoms with Gasteiger partial charge in [0.15, 0.2) is 0 Å². The van der Waals surface area contributed by atoms with E-state index in [-0.39, 0.29) is 24.2 Å². The van der Waals surface area contributed by atoms with Gasteiger partial charge in [-0.1, -0.05) is 37.5 Å². The van der Waals surface area contributed by atoms with E-state index in [4.69, 9.17) is 4.74 Å². The van der Waals surface area contributed by atoms with Crippen LogP contribution in [-0.2, 0) is 26.2 Å². The Morgan fingerprint density at radius 3 is 2.44 bits per heavy atom. The van der Waals surface area contributed by atoms with Crippen LogP contribution in [0.2, 0.25) is 0 Å². The summed E-state index contributed by atoms with van der Waals surface area (Å²) in [7, 11) is -2.38. The monoisotopic (exact) mass is 519 g/mol. The third-order valence-electron chi connectivity index (χ3n) is 6.38. The van der Waals surface area contributed by atoms with E-state index in [1.165, 1.54) is 30.2 Å². The number of hydrogen-bond acceptors (Lipinski definition) is 5. The number of methoxy groups -OCH3 is 1. The van der Waals surface area contributed by atoms with Crippen molar-refractivity contribution in [2.75, 3.05) is 24.2 Å². The Morgan fingerprint density at radius 2 is 1.81 bits per heavy atom. The predicted octanol–water partition coefficient (Wildman–Crippen LogP) is 3.47. The number of rotatable bonds is 10. The molecule has 2 aromatic rings. The number of amides is 2. The Bertz CT molecular complexity index is 1170. The van der Waals surface area contributed by atoms with Crippen LogP contribution < -0.4 is 14.4 Å². The minimum atomic E-state index is -3.92. The molecule has 1 fully saturated rings. The largest absolute Gasteiger partial charge is 0.497 e. The van der Waals surface area contributed by atoms with Crippen molar-refractivity contribution in [3.63, 3.8) is 0 Å². The van der Waals surface area contributed by atoms with Crippen molar-refractivity contribution in [2.45, 2.75) is 57.7 Å². The number of benzene rings is 2. The maximum absolute atomic E-state index is 13.8. The number of nitrogens with zero attached hydrogens (tertiary/aromatic N) is 2. The van der Waals surface area contributed by atoms with Crippen molar-refractivity contribution < 1.29 is 27.1 Å². The SMILES string of the molecule is COc1cccc(CN(C(=O)CN(c2cccc(F)c2)S(C)(=O)=O)[C@H](C)C(=O)NC2CCCCC2)c1. The normalized spacial score (nSPS) is 15.1. The third kappa shape index (κ3) is 7.43. The van der Waals surface area contributed by atoms with Gasteiger partial charge in [0, 0.05) is 12.6 Å². The van der Waals surface area contributed by atoms with E-state index in [2.05, 4.69) is 5.32 Å². The van der Waals surface area contributed by atoms with E-state index in [1.807, 2.05) is 0 Å². The Hall–Kier alpha value is -3.14. The molecule has 3 rings (SSSR count). The van der Waals surface area contributed by atoms with Crippen molar-refractivity contribution in [2.24, 2.45) is 0 Å². The Balaban J connectivity index is 1.88. The Labute approximate surface area is 212 Å². The number of carbonyl (C=O) groups is 2. The molecule has 0 aliphatic heterocycles. The lowest BCUT2D eigenvalue weighted by Gasteiger charge is -2.33. The van der Waals surface area contributed by atoms with Crippen LogP contribution in [0.15, 0.2) is 48.5 Å². The molecule has 0 saturated heterocycles. The van der Waals surface area contributed by atoms with Gasteiger partial charge in [-0.2, -0.15) is 0 Å². The second kappa shape index (κ2) is 12.2. The first-order valence-corrected chi connectivity index (χ1v) is 13.9. The molecule has 8 nitrogen and oxygen atoms in total. The standard InChI is InChI=1S/C26H34FN3O5S/c1-19(26(32)28-22-11-5-4-6-12-22)29(17-20-9-7-14-24(15-20)35-2)25(31)18-30(36(3,33)34)23-13-8-10-21(27)16-23/h7-10,13-16,19,22H,4-6,11-12,17-18H2,1-3H3,(H,28,32)/t19-/m1/s1. The fraction of sp³-hybridized carbons (Fsp3) is 0.462. The van der Waals surface area contributed by atoms with Crippen LogP contribution in [0.5, 0.6) is 5.75 Å². The van der Waals surface area contributed by atoms with Crippen molar-refractivity contribution in [3.05, 3.63) is 59.9 Å². The van der Waals surface area contributed by atoms with Gasteiger partial charge in [-0.3, -0.25) is 13.9 Å². The van der Waals surface area contributed by atoms with Crippen LogP contribution in [-0.4, -0.2) is 57.1 Å². The number of ether oxygens (including phenoxy) is 1. The molecule has 0 heterocycles. The van der Waals surface area contributed by atoms with Crippen LogP contribution in [0.1, 0.15) is 44.6 Å². The third-order valence-corrected chi connectivity index (χ3v) is 7.52. The molecule has 10 heteroatoms. The molecule has 1 atom stereocenters. The lowest BCUT2D eigenvalue weighted by Crippen LogP contribution is -2.53. The van der Waals surface area contributed by atoms with E-state index in [0.717, 1.165) is 54.3 Å². The summed E-state index contributed by atoms with van der Waals surface area (Å²) in [6.07, 6.45) is 5.97. The molecule has 2 amide bonds. The number of anilines is 1. The molecule has 36 heavy (non-hydrogen) atoms. The van der Waals surface area contributed by atoms with Gasteiger partial charge in [0.1, 0.15) is 24.2 Å². The molecule has 1 saturated carbocycles. The Morgan fingerprint density at radius 1 is 1.11 bits per heavy atom. The minimum absolute atomic E-state index is 0.0338. The molecule has 1 aliphatic carbocycles. The van der Waals surface area contributed by atoms with Crippen molar-refractivity contribution >= 4 is 27.5 Å². The van der Waals surface area contributed by atoms with Crippen LogP contribution >= 0.6 is 0 Å². The molecule has 2 aromatic carbocycles. The zero-order valence-electron chi connectivity index (χ0n) is 20.9. The molecule has 0 unspecified atom stereocenters. The summed E-state index contributed by atoms with van der Waals surface area (Å²) >= 11 is 0. The van der Waals surface area contributed by atoms with E-state index in [1.54, 1.807) is 31.2 Å². The van der Waals surface area contributed by atoms with Gasteiger partial charge in [0.05, 0.1) is 19.1 Å². The molecule has 0 radical (unpaired) electrons. The molecule has 1 aliphatic rings. The van der Waals surface area contributed by atoms with Crippen LogP contribution in [0.3, 0.4) is 0 Å². The first-order valence-electron chi connectivity index (χ1n) is 12.0. The highest BCUT2D eigenvalue weighted by Crippen LogP contribution is 2.22. The molecule has 0 bridgehead atoms. The van der Waals surface area contributed by atoms with Crippen LogP contribution in [0, 0.1) is 5.82 Å². The summed E-state index contributed by atoms with van der Waals surface area (Å²) < 4.78 is 45.1. The topological polar surface area (TPSA) is 96.0 Å². The van der Waals surface area contributed by atoms with Crippen molar-refractivity contribution in [1.29, 1.82) is 0 Å². The quantitative estimate of drug-likeness (QED) is 0.519. The molecule has 0 aromatic heterocycles. The van der Waals surface area contributed by atoms with Gasteiger partial charge in [-0.15, -0.1) is 0 Å².